The van der Waals surface area contributed by atoms with Crippen molar-refractivity contribution >= 4 is 50.5 Å². The van der Waals surface area contributed by atoms with E-state index in [2.05, 4.69) is 15.8 Å². The maximum atomic E-state index is 12.3. The molecule has 0 saturated heterocycles. The van der Waals surface area contributed by atoms with Gasteiger partial charge in [-0.3, -0.25) is 20.2 Å². The van der Waals surface area contributed by atoms with Crippen molar-refractivity contribution in [3.63, 3.8) is 0 Å². The number of anilines is 3. The van der Waals surface area contributed by atoms with Gasteiger partial charge in [-0.1, -0.05) is 18.2 Å². The zero-order chi connectivity index (χ0) is 20.9. The SMILES string of the molecule is N=C(C(=O)O)C(=NNc1ccc(N)cc1S(=O)(=O)O)C(=O)Nc1ccccc1. The smallest absolute Gasteiger partial charge is 0.356 e. The molecule has 0 bridgehead atoms. The molecule has 11 nitrogen and oxygen atoms in total. The van der Waals surface area contributed by atoms with Crippen LogP contribution < -0.4 is 16.5 Å². The Morgan fingerprint density at radius 3 is 2.32 bits per heavy atom. The lowest BCUT2D eigenvalue weighted by Crippen LogP contribution is -2.35. The van der Waals surface area contributed by atoms with Gasteiger partial charge >= 0.3 is 5.97 Å². The van der Waals surface area contributed by atoms with Gasteiger partial charge in [0.15, 0.2) is 11.4 Å². The monoisotopic (exact) mass is 405 g/mol. The molecule has 28 heavy (non-hydrogen) atoms. The Bertz CT molecular complexity index is 1070. The minimum absolute atomic E-state index is 0.0301. The molecule has 0 aliphatic rings. The molecule has 0 saturated carbocycles. The van der Waals surface area contributed by atoms with Gasteiger partial charge < -0.3 is 16.2 Å². The van der Waals surface area contributed by atoms with Crippen LogP contribution in [0.5, 0.6) is 0 Å². The number of para-hydroxylation sites is 1. The predicted molar refractivity (Wildman–Crippen MR) is 102 cm³/mol. The average Bonchev–Trinajstić information content (AvgIpc) is 2.62. The summed E-state index contributed by atoms with van der Waals surface area (Å²) in [6.45, 7) is 0. The van der Waals surface area contributed by atoms with Crippen LogP contribution in [0.1, 0.15) is 0 Å². The summed E-state index contributed by atoms with van der Waals surface area (Å²) in [6, 6.07) is 11.4. The van der Waals surface area contributed by atoms with E-state index in [-0.39, 0.29) is 11.4 Å². The molecule has 0 radical (unpaired) electrons. The highest BCUT2D eigenvalue weighted by molar-refractivity contribution is 7.86. The van der Waals surface area contributed by atoms with E-state index in [4.69, 9.17) is 16.2 Å². The minimum atomic E-state index is -4.69. The quantitative estimate of drug-likeness (QED) is 0.170. The molecule has 0 aliphatic heterocycles. The van der Waals surface area contributed by atoms with Gasteiger partial charge in [0.05, 0.1) is 5.69 Å². The van der Waals surface area contributed by atoms with E-state index in [1.807, 2.05) is 0 Å². The van der Waals surface area contributed by atoms with Crippen LogP contribution in [0, 0.1) is 5.41 Å². The Labute approximate surface area is 159 Å². The van der Waals surface area contributed by atoms with Crippen LogP contribution in [0.3, 0.4) is 0 Å². The second-order valence-electron chi connectivity index (χ2n) is 5.30. The van der Waals surface area contributed by atoms with Crippen LogP contribution in [-0.4, -0.2) is 41.4 Å². The molecule has 0 aromatic heterocycles. The molecule has 1 amide bonds. The van der Waals surface area contributed by atoms with E-state index in [0.29, 0.717) is 5.69 Å². The molecule has 0 atom stereocenters. The molecule has 2 aromatic carbocycles. The molecule has 0 heterocycles. The summed E-state index contributed by atoms with van der Waals surface area (Å²) in [6.07, 6.45) is 0. The zero-order valence-corrected chi connectivity index (χ0v) is 14.9. The van der Waals surface area contributed by atoms with E-state index >= 15 is 0 Å². The van der Waals surface area contributed by atoms with Crippen LogP contribution in [0.2, 0.25) is 0 Å². The number of hydrogen-bond donors (Lipinski definition) is 6. The van der Waals surface area contributed by atoms with Gasteiger partial charge in [-0.25, -0.2) is 4.79 Å². The summed E-state index contributed by atoms with van der Waals surface area (Å²) in [5, 5.41) is 22.5. The Kier molecular flexibility index (Phi) is 6.08. The number of nitrogens with two attached hydrogens (primary N) is 1. The van der Waals surface area contributed by atoms with Crippen molar-refractivity contribution in [3.8, 4) is 0 Å². The van der Waals surface area contributed by atoms with Gasteiger partial charge in [0.2, 0.25) is 0 Å². The first kappa shape index (κ1) is 20.5. The predicted octanol–water partition coefficient (Wildman–Crippen LogP) is 1.03. The molecular weight excluding hydrogens is 390 g/mol. The number of hydrazone groups is 1. The standard InChI is InChI=1S/C16H15N5O6S/c17-9-6-7-11(12(8-9)28(25,26)27)20-21-14(13(18)16(23)24)15(22)19-10-4-2-1-3-5-10/h1-8,18,20H,17H2,(H,19,22)(H,23,24)(H,25,26,27). The van der Waals surface area contributed by atoms with Crippen LogP contribution in [0.15, 0.2) is 58.5 Å². The molecule has 7 N–H and O–H groups in total. The molecule has 2 aromatic rings. The molecule has 0 aliphatic carbocycles. The topological polar surface area (TPSA) is 195 Å². The molecule has 0 spiro atoms. The summed E-state index contributed by atoms with van der Waals surface area (Å²) in [5.41, 5.74) is 5.78. The summed E-state index contributed by atoms with van der Waals surface area (Å²) in [5.74, 6) is -2.74. The van der Waals surface area contributed by atoms with Crippen molar-refractivity contribution < 1.29 is 27.7 Å². The second-order valence-corrected chi connectivity index (χ2v) is 6.69. The molecule has 12 heteroatoms. The van der Waals surface area contributed by atoms with Crippen molar-refractivity contribution in [1.82, 2.24) is 0 Å². The van der Waals surface area contributed by atoms with Crippen LogP contribution in [0.4, 0.5) is 17.1 Å². The lowest BCUT2D eigenvalue weighted by Gasteiger charge is -2.10. The van der Waals surface area contributed by atoms with Crippen molar-refractivity contribution in [3.05, 3.63) is 48.5 Å². The van der Waals surface area contributed by atoms with E-state index in [9.17, 15) is 22.6 Å². The Morgan fingerprint density at radius 1 is 1.11 bits per heavy atom. The van der Waals surface area contributed by atoms with Gasteiger partial charge in [0.1, 0.15) is 4.90 Å². The number of aliphatic carboxylic acids is 1. The zero-order valence-electron chi connectivity index (χ0n) is 14.1. The number of hydrogen-bond acceptors (Lipinski definition) is 8. The second kappa shape index (κ2) is 8.28. The number of amides is 1. The van der Waals surface area contributed by atoms with Crippen molar-refractivity contribution in [2.45, 2.75) is 4.90 Å². The Hall–Kier alpha value is -3.77. The maximum absolute atomic E-state index is 12.3. The number of carbonyl (C=O) groups is 2. The van der Waals surface area contributed by atoms with Gasteiger partial charge in [-0.15, -0.1) is 0 Å². The molecule has 146 valence electrons. The first-order chi connectivity index (χ1) is 13.1. The van der Waals surface area contributed by atoms with Gasteiger partial charge in [-0.2, -0.15) is 13.5 Å². The fourth-order valence-corrected chi connectivity index (χ4v) is 2.67. The third-order valence-electron chi connectivity index (χ3n) is 3.27. The number of nitrogens with zero attached hydrogens (tertiary/aromatic N) is 1. The third-order valence-corrected chi connectivity index (χ3v) is 4.16. The number of nitrogen functional groups attached to an aromatic ring is 1. The number of carboxylic acid groups (broad SMARTS) is 1. The number of carbonyl (C=O) groups excluding carboxylic acids is 1. The third kappa shape index (κ3) is 5.12. The van der Waals surface area contributed by atoms with Crippen molar-refractivity contribution in [2.75, 3.05) is 16.5 Å². The van der Waals surface area contributed by atoms with Crippen LogP contribution in [0.25, 0.3) is 0 Å². The lowest BCUT2D eigenvalue weighted by molar-refractivity contribution is -0.129. The van der Waals surface area contributed by atoms with E-state index in [1.165, 1.54) is 18.2 Å². The van der Waals surface area contributed by atoms with Gasteiger partial charge in [-0.05, 0) is 30.3 Å². The molecule has 2 rings (SSSR count). The molecular formula is C16H15N5O6S. The number of nitrogens with one attached hydrogen (secondary N) is 3. The van der Waals surface area contributed by atoms with Crippen LogP contribution in [-0.2, 0) is 19.7 Å². The summed E-state index contributed by atoms with van der Waals surface area (Å²) < 4.78 is 32.2. The van der Waals surface area contributed by atoms with E-state index in [0.717, 1.165) is 12.1 Å². The fraction of sp³-hybridized carbons (Fsp3) is 0. The highest BCUT2D eigenvalue weighted by atomic mass is 32.2. The number of carboxylic acids is 1. The first-order valence-electron chi connectivity index (χ1n) is 7.49. The number of benzene rings is 2. The Balaban J connectivity index is 2.40. The number of rotatable bonds is 7. The summed E-state index contributed by atoms with van der Waals surface area (Å²) in [7, 11) is -4.69. The van der Waals surface area contributed by atoms with Crippen molar-refractivity contribution in [2.24, 2.45) is 5.10 Å². The highest BCUT2D eigenvalue weighted by Gasteiger charge is 2.24. The Morgan fingerprint density at radius 2 is 1.75 bits per heavy atom. The maximum Gasteiger partial charge on any atom is 0.356 e. The molecule has 0 unspecified atom stereocenters. The fourth-order valence-electron chi connectivity index (χ4n) is 1.99. The molecule has 0 fully saturated rings. The van der Waals surface area contributed by atoms with Crippen molar-refractivity contribution in [1.29, 1.82) is 5.41 Å². The summed E-state index contributed by atoms with van der Waals surface area (Å²) in [4.78, 5) is 22.8. The largest absolute Gasteiger partial charge is 0.476 e. The summed E-state index contributed by atoms with van der Waals surface area (Å²) >= 11 is 0. The van der Waals surface area contributed by atoms with Gasteiger partial charge in [0.25, 0.3) is 16.0 Å². The van der Waals surface area contributed by atoms with E-state index < -0.39 is 38.3 Å². The van der Waals surface area contributed by atoms with Gasteiger partial charge in [0, 0.05) is 11.4 Å². The average molecular weight is 405 g/mol. The van der Waals surface area contributed by atoms with Crippen LogP contribution >= 0.6 is 0 Å². The van der Waals surface area contributed by atoms with E-state index in [1.54, 1.807) is 18.2 Å². The lowest BCUT2D eigenvalue weighted by atomic mass is 10.2. The first-order valence-corrected chi connectivity index (χ1v) is 8.93. The highest BCUT2D eigenvalue weighted by Crippen LogP contribution is 2.23. The minimum Gasteiger partial charge on any atom is -0.476 e. The normalized spacial score (nSPS) is 11.5.